The number of carbonyl (C=O) groups is 2. The Kier molecular flexibility index (Phi) is 6.59. The van der Waals surface area contributed by atoms with Gasteiger partial charge in [-0.25, -0.2) is 4.79 Å². The molecule has 0 aliphatic carbocycles. The first-order valence-electron chi connectivity index (χ1n) is 9.70. The minimum absolute atomic E-state index is 0.0227. The van der Waals surface area contributed by atoms with Gasteiger partial charge in [0.15, 0.2) is 18.1 Å². The van der Waals surface area contributed by atoms with Crippen LogP contribution in [0.5, 0.6) is 11.5 Å². The molecule has 0 radical (unpaired) electrons. The summed E-state index contributed by atoms with van der Waals surface area (Å²) in [7, 11) is 1.60. The van der Waals surface area contributed by atoms with E-state index in [2.05, 4.69) is 0 Å². The number of aryl methyl sites for hydroxylation is 1. The number of Topliss-reactive ketones (excluding diaryl/α,β-unsaturated/α-hetero) is 1. The molecular weight excluding hydrogens is 408 g/mol. The van der Waals surface area contributed by atoms with E-state index in [1.807, 2.05) is 18.4 Å². The van der Waals surface area contributed by atoms with E-state index in [1.54, 1.807) is 20.1 Å². The highest BCUT2D eigenvalue weighted by molar-refractivity contribution is 6.01. The van der Waals surface area contributed by atoms with E-state index in [0.29, 0.717) is 12.2 Å². The fraction of sp³-hybridized carbons (Fsp3) is 0.429. The fourth-order valence-corrected chi connectivity index (χ4v) is 3.73. The van der Waals surface area contributed by atoms with E-state index in [0.717, 1.165) is 17.5 Å². The van der Waals surface area contributed by atoms with Crippen molar-refractivity contribution in [3.63, 3.8) is 0 Å². The van der Waals surface area contributed by atoms with E-state index in [1.165, 1.54) is 6.07 Å². The molecule has 3 rings (SSSR count). The maximum atomic E-state index is 12.7. The van der Waals surface area contributed by atoms with Gasteiger partial charge in [-0.15, -0.1) is 0 Å². The number of nitro groups is 1. The molecule has 2 aromatic rings. The van der Waals surface area contributed by atoms with E-state index >= 15 is 0 Å². The number of fused-ring (bicyclic) bond motifs is 1. The molecule has 0 amide bonds. The molecule has 10 heteroatoms. The fourth-order valence-electron chi connectivity index (χ4n) is 3.73. The molecule has 166 valence electrons. The van der Waals surface area contributed by atoms with Gasteiger partial charge < -0.3 is 23.5 Å². The van der Waals surface area contributed by atoms with Crippen molar-refractivity contribution in [2.45, 2.75) is 26.8 Å². The van der Waals surface area contributed by atoms with Crippen LogP contribution in [0.15, 0.2) is 18.2 Å². The van der Waals surface area contributed by atoms with Gasteiger partial charge in [0.05, 0.1) is 23.6 Å². The minimum Gasteiger partial charge on any atom is -0.486 e. The van der Waals surface area contributed by atoms with E-state index < -0.39 is 29.0 Å². The second-order valence-electron chi connectivity index (χ2n) is 7.23. The van der Waals surface area contributed by atoms with E-state index in [4.69, 9.17) is 18.9 Å². The molecule has 1 atom stereocenters. The van der Waals surface area contributed by atoms with Gasteiger partial charge in [0, 0.05) is 30.1 Å². The number of nitrogens with zero attached hydrogens (tertiary/aromatic N) is 2. The second kappa shape index (κ2) is 9.17. The monoisotopic (exact) mass is 432 g/mol. The van der Waals surface area contributed by atoms with Crippen molar-refractivity contribution < 1.29 is 33.5 Å². The van der Waals surface area contributed by atoms with Crippen molar-refractivity contribution in [2.75, 3.05) is 33.5 Å². The maximum Gasteiger partial charge on any atom is 0.345 e. The minimum atomic E-state index is -0.987. The number of hydrogen-bond donors (Lipinski definition) is 0. The first-order chi connectivity index (χ1) is 14.7. The van der Waals surface area contributed by atoms with Crippen molar-refractivity contribution in [1.29, 1.82) is 0 Å². The third-order valence-corrected chi connectivity index (χ3v) is 5.04. The summed E-state index contributed by atoms with van der Waals surface area (Å²) < 4.78 is 23.0. The molecule has 0 spiro atoms. The summed E-state index contributed by atoms with van der Waals surface area (Å²) in [6, 6.07) is 4.08. The average Bonchev–Trinajstić information content (AvgIpc) is 3.04. The predicted octanol–water partition coefficient (Wildman–Crippen LogP) is 3.03. The van der Waals surface area contributed by atoms with Gasteiger partial charge in [-0.1, -0.05) is 0 Å². The van der Waals surface area contributed by atoms with Gasteiger partial charge in [0.1, 0.15) is 18.8 Å². The first kappa shape index (κ1) is 22.3. The number of benzene rings is 1. The Morgan fingerprint density at radius 2 is 1.81 bits per heavy atom. The number of nitro benzene ring substituents is 1. The molecule has 0 saturated heterocycles. The van der Waals surface area contributed by atoms with Gasteiger partial charge in [0.2, 0.25) is 5.78 Å². The van der Waals surface area contributed by atoms with Gasteiger partial charge >= 0.3 is 5.97 Å². The number of ketones is 1. The summed E-state index contributed by atoms with van der Waals surface area (Å²) in [4.78, 5) is 35.9. The lowest BCUT2D eigenvalue weighted by atomic mass is 10.1. The SMILES string of the molecule is COC[C@H](C)n1c(C)cc(C(=O)COC(=O)c2cc3c(cc2[N+](=O)[O-])OCCO3)c1C. The van der Waals surface area contributed by atoms with E-state index in [9.17, 15) is 19.7 Å². The van der Waals surface area contributed by atoms with Crippen LogP contribution >= 0.6 is 0 Å². The number of hydrogen-bond acceptors (Lipinski definition) is 8. The molecule has 1 aliphatic heterocycles. The van der Waals surface area contributed by atoms with Crippen LogP contribution < -0.4 is 9.47 Å². The molecule has 1 aliphatic rings. The van der Waals surface area contributed by atoms with Crippen molar-refractivity contribution in [2.24, 2.45) is 0 Å². The molecular formula is C21H24N2O8. The molecule has 1 aromatic carbocycles. The molecule has 0 unspecified atom stereocenters. The van der Waals surface area contributed by atoms with Gasteiger partial charge in [-0.3, -0.25) is 14.9 Å². The maximum absolute atomic E-state index is 12.7. The highest BCUT2D eigenvalue weighted by Gasteiger charge is 2.28. The topological polar surface area (TPSA) is 119 Å². The predicted molar refractivity (Wildman–Crippen MR) is 109 cm³/mol. The van der Waals surface area contributed by atoms with Crippen LogP contribution in [0, 0.1) is 24.0 Å². The number of rotatable bonds is 8. The molecule has 0 bridgehead atoms. The summed E-state index contributed by atoms with van der Waals surface area (Å²) in [5.74, 6) is -0.995. The van der Waals surface area contributed by atoms with Crippen LogP contribution in [-0.2, 0) is 9.47 Å². The first-order valence-corrected chi connectivity index (χ1v) is 9.70. The summed E-state index contributed by atoms with van der Waals surface area (Å²) in [6.07, 6.45) is 0. The summed E-state index contributed by atoms with van der Waals surface area (Å²) in [5, 5.41) is 11.4. The number of aromatic nitrogens is 1. The summed E-state index contributed by atoms with van der Waals surface area (Å²) in [6.45, 7) is 6.10. The molecule has 0 fully saturated rings. The zero-order valence-corrected chi connectivity index (χ0v) is 17.8. The van der Waals surface area contributed by atoms with Gasteiger partial charge in [0.25, 0.3) is 5.69 Å². The van der Waals surface area contributed by atoms with Crippen LogP contribution in [0.4, 0.5) is 5.69 Å². The highest BCUT2D eigenvalue weighted by Crippen LogP contribution is 2.37. The lowest BCUT2D eigenvalue weighted by molar-refractivity contribution is -0.385. The summed E-state index contributed by atoms with van der Waals surface area (Å²) in [5.41, 5.74) is 1.24. The average molecular weight is 432 g/mol. The number of carbonyl (C=O) groups excluding carboxylic acids is 2. The van der Waals surface area contributed by atoms with Crippen LogP contribution in [0.2, 0.25) is 0 Å². The molecule has 0 saturated carbocycles. The third-order valence-electron chi connectivity index (χ3n) is 5.04. The highest BCUT2D eigenvalue weighted by atomic mass is 16.6. The Morgan fingerprint density at radius 3 is 2.42 bits per heavy atom. The molecule has 2 heterocycles. The molecule has 31 heavy (non-hydrogen) atoms. The Bertz CT molecular complexity index is 1030. The van der Waals surface area contributed by atoms with Crippen molar-refractivity contribution in [1.82, 2.24) is 4.57 Å². The van der Waals surface area contributed by atoms with E-state index in [-0.39, 0.29) is 36.3 Å². The Hall–Kier alpha value is -3.40. The normalized spacial score (nSPS) is 13.5. The van der Waals surface area contributed by atoms with Crippen LogP contribution in [0.1, 0.15) is 45.1 Å². The Morgan fingerprint density at radius 1 is 1.16 bits per heavy atom. The Labute approximate surface area is 178 Å². The number of methoxy groups -OCH3 is 1. The molecule has 1 aromatic heterocycles. The van der Waals surface area contributed by atoms with Crippen LogP contribution in [0.3, 0.4) is 0 Å². The van der Waals surface area contributed by atoms with Gasteiger partial charge in [-0.05, 0) is 26.8 Å². The van der Waals surface area contributed by atoms with Crippen LogP contribution in [0.25, 0.3) is 0 Å². The van der Waals surface area contributed by atoms with Crippen molar-refractivity contribution in [3.05, 3.63) is 50.8 Å². The number of ether oxygens (including phenoxy) is 4. The standard InChI is InChI=1S/C21H24N2O8/c1-12-7-15(14(3)22(12)13(2)10-28-4)18(24)11-31-21(25)16-8-19-20(30-6-5-29-19)9-17(16)23(26)27/h7-9,13H,5-6,10-11H2,1-4H3/t13-/m0/s1. The number of esters is 1. The largest absolute Gasteiger partial charge is 0.486 e. The molecule has 10 nitrogen and oxygen atoms in total. The van der Waals surface area contributed by atoms with Gasteiger partial charge in [-0.2, -0.15) is 0 Å². The van der Waals surface area contributed by atoms with Crippen LogP contribution in [-0.4, -0.2) is 54.8 Å². The van der Waals surface area contributed by atoms with Crippen molar-refractivity contribution >= 4 is 17.4 Å². The third kappa shape index (κ3) is 4.53. The lowest BCUT2D eigenvalue weighted by Gasteiger charge is -2.18. The smallest absolute Gasteiger partial charge is 0.345 e. The second-order valence-corrected chi connectivity index (χ2v) is 7.23. The van der Waals surface area contributed by atoms with Crippen molar-refractivity contribution in [3.8, 4) is 11.5 Å². The Balaban J connectivity index is 1.78. The zero-order chi connectivity index (χ0) is 22.7. The quantitative estimate of drug-likeness (QED) is 0.270. The zero-order valence-electron chi connectivity index (χ0n) is 17.8. The summed E-state index contributed by atoms with van der Waals surface area (Å²) >= 11 is 0. The lowest BCUT2D eigenvalue weighted by Crippen LogP contribution is -2.19. The molecule has 0 N–H and O–H groups in total.